The number of amides is 3. The molecule has 1 atom stereocenters. The lowest BCUT2D eigenvalue weighted by Crippen LogP contribution is -2.46. The van der Waals surface area contributed by atoms with Gasteiger partial charge >= 0.3 is 6.03 Å². The molecule has 3 amide bonds. The predicted molar refractivity (Wildman–Crippen MR) is 99.0 cm³/mol. The summed E-state index contributed by atoms with van der Waals surface area (Å²) in [4.78, 5) is 38.8. The minimum Gasteiger partial charge on any atom is -0.496 e. The molecule has 1 aliphatic heterocycles. The van der Waals surface area contributed by atoms with Gasteiger partial charge in [-0.05, 0) is 30.7 Å². The van der Waals surface area contributed by atoms with E-state index in [2.05, 4.69) is 5.32 Å². The Labute approximate surface area is 159 Å². The van der Waals surface area contributed by atoms with Gasteiger partial charge in [-0.1, -0.05) is 29.8 Å². The number of halogens is 1. The summed E-state index contributed by atoms with van der Waals surface area (Å²) in [5, 5.41) is 2.70. The maximum Gasteiger partial charge on any atom is 0.325 e. The van der Waals surface area contributed by atoms with Gasteiger partial charge in [-0.2, -0.15) is 0 Å². The summed E-state index contributed by atoms with van der Waals surface area (Å²) in [5.74, 6) is -0.130. The third-order valence-electron chi connectivity index (χ3n) is 4.23. The number of benzene rings is 1. The molecule has 2 aromatic rings. The molecule has 0 spiro atoms. The van der Waals surface area contributed by atoms with Gasteiger partial charge in [0.05, 0.1) is 22.9 Å². The highest BCUT2D eigenvalue weighted by molar-refractivity contribution is 7.18. The normalized spacial score (nSPS) is 19.6. The third kappa shape index (κ3) is 3.45. The van der Waals surface area contributed by atoms with Gasteiger partial charge in [0.1, 0.15) is 11.3 Å². The summed E-state index contributed by atoms with van der Waals surface area (Å²) in [5.41, 5.74) is -0.344. The number of ether oxygens (including phenoxy) is 1. The Hall–Kier alpha value is -2.38. The first kappa shape index (κ1) is 18.4. The fourth-order valence-corrected chi connectivity index (χ4v) is 3.90. The number of nitrogens with zero attached hydrogens (tertiary/aromatic N) is 1. The molecule has 1 aliphatic rings. The van der Waals surface area contributed by atoms with Crippen molar-refractivity contribution in [2.24, 2.45) is 0 Å². The number of ketones is 1. The Morgan fingerprint density at radius 1 is 1.27 bits per heavy atom. The zero-order valence-electron chi connectivity index (χ0n) is 14.2. The highest BCUT2D eigenvalue weighted by atomic mass is 35.5. The molecule has 0 radical (unpaired) electrons. The zero-order chi connectivity index (χ0) is 18.9. The van der Waals surface area contributed by atoms with E-state index < -0.39 is 17.5 Å². The van der Waals surface area contributed by atoms with Gasteiger partial charge in [0.25, 0.3) is 5.91 Å². The van der Waals surface area contributed by atoms with Crippen LogP contribution in [0.3, 0.4) is 0 Å². The fourth-order valence-electron chi connectivity index (χ4n) is 2.93. The van der Waals surface area contributed by atoms with Gasteiger partial charge in [0.15, 0.2) is 5.78 Å². The summed E-state index contributed by atoms with van der Waals surface area (Å²) < 4.78 is 5.79. The van der Waals surface area contributed by atoms with E-state index in [9.17, 15) is 14.4 Å². The van der Waals surface area contributed by atoms with E-state index in [1.165, 1.54) is 0 Å². The lowest BCUT2D eigenvalue weighted by Gasteiger charge is -2.22. The van der Waals surface area contributed by atoms with Crippen molar-refractivity contribution in [3.05, 3.63) is 51.2 Å². The van der Waals surface area contributed by atoms with Crippen LogP contribution in [0.15, 0.2) is 36.4 Å². The molecule has 26 heavy (non-hydrogen) atoms. The van der Waals surface area contributed by atoms with E-state index in [1.807, 2.05) is 18.2 Å². The summed E-state index contributed by atoms with van der Waals surface area (Å²) >= 11 is 6.96. The van der Waals surface area contributed by atoms with E-state index >= 15 is 0 Å². The van der Waals surface area contributed by atoms with Crippen LogP contribution in [0.25, 0.3) is 0 Å². The molecule has 6 nitrogen and oxygen atoms in total. The van der Waals surface area contributed by atoms with Crippen LogP contribution < -0.4 is 10.1 Å². The summed E-state index contributed by atoms with van der Waals surface area (Å²) in [6, 6.07) is 9.91. The molecule has 0 bridgehead atoms. The molecule has 1 N–H and O–H groups in total. The molecular weight excluding hydrogens is 376 g/mol. The summed E-state index contributed by atoms with van der Waals surface area (Å²) in [7, 11) is 1.55. The lowest BCUT2D eigenvalue weighted by atomic mass is 9.92. The van der Waals surface area contributed by atoms with E-state index in [4.69, 9.17) is 16.3 Å². The number of rotatable bonds is 6. The van der Waals surface area contributed by atoms with E-state index in [0.717, 1.165) is 21.8 Å². The van der Waals surface area contributed by atoms with Crippen molar-refractivity contribution in [2.75, 3.05) is 13.7 Å². The minimum absolute atomic E-state index is 0.261. The van der Waals surface area contributed by atoms with Crippen LogP contribution >= 0.6 is 22.9 Å². The maximum atomic E-state index is 12.8. The topological polar surface area (TPSA) is 75.7 Å². The zero-order valence-corrected chi connectivity index (χ0v) is 15.8. The molecule has 1 aromatic heterocycles. The van der Waals surface area contributed by atoms with Gasteiger partial charge < -0.3 is 10.1 Å². The number of methoxy groups -OCH3 is 1. The number of carbonyl (C=O) groups excluding carboxylic acids is 3. The molecule has 3 rings (SSSR count). The van der Waals surface area contributed by atoms with E-state index in [1.54, 1.807) is 32.2 Å². The Morgan fingerprint density at radius 3 is 2.65 bits per heavy atom. The van der Waals surface area contributed by atoms with Crippen molar-refractivity contribution >= 4 is 40.7 Å². The van der Waals surface area contributed by atoms with E-state index in [-0.39, 0.29) is 18.7 Å². The Balaban J connectivity index is 1.78. The molecule has 1 saturated heterocycles. The molecule has 136 valence electrons. The van der Waals surface area contributed by atoms with Crippen molar-refractivity contribution in [3.63, 3.8) is 0 Å². The molecule has 0 saturated carbocycles. The molecule has 8 heteroatoms. The van der Waals surface area contributed by atoms with Crippen LogP contribution in [-0.2, 0) is 11.2 Å². The second-order valence-electron chi connectivity index (χ2n) is 6.17. The summed E-state index contributed by atoms with van der Waals surface area (Å²) in [6.45, 7) is 1.33. The first-order valence-electron chi connectivity index (χ1n) is 7.88. The number of carbonyl (C=O) groups is 3. The first-order valence-corrected chi connectivity index (χ1v) is 9.08. The van der Waals surface area contributed by atoms with Gasteiger partial charge in [-0.3, -0.25) is 14.5 Å². The molecule has 1 fully saturated rings. The standard InChI is InChI=1S/C18H17ClN2O4S/c1-18(9-11-5-3-4-6-13(11)25-2)16(23)21(17(24)20-18)10-12(22)14-7-8-15(19)26-14/h3-8H,9-10H2,1-2H3,(H,20,24). The van der Waals surface area contributed by atoms with Crippen molar-refractivity contribution in [1.29, 1.82) is 0 Å². The number of hydrogen-bond donors (Lipinski definition) is 1. The predicted octanol–water partition coefficient (Wildman–Crippen LogP) is 3.15. The highest BCUT2D eigenvalue weighted by Crippen LogP contribution is 2.28. The lowest BCUT2D eigenvalue weighted by molar-refractivity contribution is -0.130. The minimum atomic E-state index is -1.14. The van der Waals surface area contributed by atoms with Gasteiger partial charge in [-0.15, -0.1) is 11.3 Å². The Bertz CT molecular complexity index is 882. The van der Waals surface area contributed by atoms with Crippen molar-refractivity contribution < 1.29 is 19.1 Å². The van der Waals surface area contributed by atoms with Gasteiger partial charge in [-0.25, -0.2) is 4.79 Å². The Kier molecular flexibility index (Phi) is 5.02. The highest BCUT2D eigenvalue weighted by Gasteiger charge is 2.48. The van der Waals surface area contributed by atoms with Crippen LogP contribution in [-0.4, -0.2) is 41.8 Å². The number of imide groups is 1. The van der Waals surface area contributed by atoms with Crippen molar-refractivity contribution in [1.82, 2.24) is 10.2 Å². The Morgan fingerprint density at radius 2 is 2.00 bits per heavy atom. The quantitative estimate of drug-likeness (QED) is 0.605. The number of para-hydroxylation sites is 1. The van der Waals surface area contributed by atoms with Crippen molar-refractivity contribution in [3.8, 4) is 5.75 Å². The molecule has 0 aliphatic carbocycles. The SMILES string of the molecule is COc1ccccc1CC1(C)NC(=O)N(CC(=O)c2ccc(Cl)s2)C1=O. The second-order valence-corrected chi connectivity index (χ2v) is 7.88. The van der Waals surface area contributed by atoms with Crippen LogP contribution in [0, 0.1) is 0 Å². The van der Waals surface area contributed by atoms with Crippen molar-refractivity contribution in [2.45, 2.75) is 18.9 Å². The number of thiophene rings is 1. The first-order chi connectivity index (χ1) is 12.3. The van der Waals surface area contributed by atoms with Crippen LogP contribution in [0.1, 0.15) is 22.2 Å². The molecule has 1 unspecified atom stereocenters. The monoisotopic (exact) mass is 392 g/mol. The van der Waals surface area contributed by atoms with Gasteiger partial charge in [0, 0.05) is 6.42 Å². The summed E-state index contributed by atoms with van der Waals surface area (Å²) in [6.07, 6.45) is 0.261. The smallest absolute Gasteiger partial charge is 0.325 e. The van der Waals surface area contributed by atoms with Crippen LogP contribution in [0.4, 0.5) is 4.79 Å². The fraction of sp³-hybridized carbons (Fsp3) is 0.278. The van der Waals surface area contributed by atoms with E-state index in [0.29, 0.717) is 15.0 Å². The number of hydrogen-bond acceptors (Lipinski definition) is 5. The van der Waals surface area contributed by atoms with Gasteiger partial charge in [0.2, 0.25) is 0 Å². The number of urea groups is 1. The maximum absolute atomic E-state index is 12.8. The second kappa shape index (κ2) is 7.09. The molecule has 1 aromatic carbocycles. The third-order valence-corrected chi connectivity index (χ3v) is 5.50. The number of Topliss-reactive ketones (excluding diaryl/α,β-unsaturated/α-hetero) is 1. The molecular formula is C18H17ClN2O4S. The van der Waals surface area contributed by atoms with Crippen LogP contribution in [0.5, 0.6) is 5.75 Å². The largest absolute Gasteiger partial charge is 0.496 e. The average molecular weight is 393 g/mol. The number of nitrogens with one attached hydrogen (secondary N) is 1. The average Bonchev–Trinajstić information content (AvgIpc) is 3.13. The van der Waals surface area contributed by atoms with Crippen LogP contribution in [0.2, 0.25) is 4.34 Å². The molecule has 2 heterocycles.